The lowest BCUT2D eigenvalue weighted by Crippen LogP contribution is -2.29. The van der Waals surface area contributed by atoms with E-state index in [1.54, 1.807) is 0 Å². The van der Waals surface area contributed by atoms with Crippen molar-refractivity contribution in [2.45, 2.75) is 38.8 Å². The Morgan fingerprint density at radius 3 is 2.47 bits per heavy atom. The van der Waals surface area contributed by atoms with Crippen LogP contribution in [0.15, 0.2) is 24.3 Å². The second-order valence-corrected chi connectivity index (χ2v) is 5.73. The molecular weight excluding hydrogens is 262 g/mol. The summed E-state index contributed by atoms with van der Waals surface area (Å²) in [4.78, 5) is 22.5. The molecule has 1 heterocycles. The SMILES string of the molecule is CC(C)Oc1ccc(CCC2NC(=O)SC2=O)cc1. The van der Waals surface area contributed by atoms with E-state index >= 15 is 0 Å². The predicted molar refractivity (Wildman–Crippen MR) is 75.4 cm³/mol. The average molecular weight is 279 g/mol. The van der Waals surface area contributed by atoms with Crippen LogP contribution in [0.4, 0.5) is 4.79 Å². The first-order valence-corrected chi connectivity index (χ1v) is 7.14. The Morgan fingerprint density at radius 1 is 1.26 bits per heavy atom. The molecule has 2 rings (SSSR count). The van der Waals surface area contributed by atoms with Gasteiger partial charge in [0.15, 0.2) is 0 Å². The zero-order chi connectivity index (χ0) is 13.8. The van der Waals surface area contributed by atoms with Crippen molar-refractivity contribution in [2.24, 2.45) is 0 Å². The molecule has 0 saturated carbocycles. The van der Waals surface area contributed by atoms with E-state index in [0.29, 0.717) is 6.42 Å². The van der Waals surface area contributed by atoms with E-state index in [1.807, 2.05) is 38.1 Å². The lowest BCUT2D eigenvalue weighted by atomic mass is 10.1. The molecule has 1 amide bonds. The third-order valence-electron chi connectivity index (χ3n) is 2.79. The molecule has 0 radical (unpaired) electrons. The number of benzene rings is 1. The zero-order valence-corrected chi connectivity index (χ0v) is 11.8. The fourth-order valence-electron chi connectivity index (χ4n) is 1.90. The van der Waals surface area contributed by atoms with Gasteiger partial charge in [-0.05, 0) is 44.4 Å². The molecule has 1 atom stereocenters. The topological polar surface area (TPSA) is 55.4 Å². The minimum absolute atomic E-state index is 0.0789. The van der Waals surface area contributed by atoms with Gasteiger partial charge in [0.05, 0.1) is 12.1 Å². The van der Waals surface area contributed by atoms with Crippen molar-refractivity contribution in [3.05, 3.63) is 29.8 Å². The van der Waals surface area contributed by atoms with Crippen molar-refractivity contribution in [3.8, 4) is 5.75 Å². The molecule has 1 N–H and O–H groups in total. The maximum Gasteiger partial charge on any atom is 0.287 e. The first kappa shape index (κ1) is 13.9. The highest BCUT2D eigenvalue weighted by atomic mass is 32.2. The second kappa shape index (κ2) is 6.10. The van der Waals surface area contributed by atoms with Crippen LogP contribution in [0.25, 0.3) is 0 Å². The monoisotopic (exact) mass is 279 g/mol. The Labute approximate surface area is 116 Å². The van der Waals surface area contributed by atoms with Crippen LogP contribution in [0, 0.1) is 0 Å². The van der Waals surface area contributed by atoms with Gasteiger partial charge in [-0.3, -0.25) is 9.59 Å². The lowest BCUT2D eigenvalue weighted by molar-refractivity contribution is -0.112. The van der Waals surface area contributed by atoms with Gasteiger partial charge in [-0.15, -0.1) is 0 Å². The maximum atomic E-state index is 11.4. The Balaban J connectivity index is 1.86. The van der Waals surface area contributed by atoms with Crippen molar-refractivity contribution in [1.29, 1.82) is 0 Å². The first-order chi connectivity index (χ1) is 9.04. The molecule has 1 aromatic carbocycles. The van der Waals surface area contributed by atoms with Gasteiger partial charge >= 0.3 is 0 Å². The van der Waals surface area contributed by atoms with Crippen LogP contribution in [0.3, 0.4) is 0 Å². The largest absolute Gasteiger partial charge is 0.491 e. The third-order valence-corrected chi connectivity index (χ3v) is 3.58. The molecule has 0 spiro atoms. The van der Waals surface area contributed by atoms with Gasteiger partial charge in [0, 0.05) is 11.8 Å². The highest BCUT2D eigenvalue weighted by molar-refractivity contribution is 8.26. The van der Waals surface area contributed by atoms with Crippen LogP contribution in [-0.2, 0) is 11.2 Å². The molecule has 1 aromatic rings. The van der Waals surface area contributed by atoms with Crippen molar-refractivity contribution >= 4 is 22.1 Å². The number of carbonyl (C=O) groups excluding carboxylic acids is 2. The van der Waals surface area contributed by atoms with E-state index in [4.69, 9.17) is 4.74 Å². The number of nitrogens with one attached hydrogen (secondary N) is 1. The molecule has 5 heteroatoms. The Hall–Kier alpha value is -1.49. The molecule has 0 aromatic heterocycles. The summed E-state index contributed by atoms with van der Waals surface area (Å²) in [5.74, 6) is 0.847. The molecule has 0 aliphatic carbocycles. The minimum atomic E-state index is -0.343. The predicted octanol–water partition coefficient (Wildman–Crippen LogP) is 2.76. The molecule has 1 fully saturated rings. The fourth-order valence-corrected chi connectivity index (χ4v) is 2.60. The van der Waals surface area contributed by atoms with Crippen LogP contribution in [0.1, 0.15) is 25.8 Å². The highest BCUT2D eigenvalue weighted by Gasteiger charge is 2.30. The average Bonchev–Trinajstić information content (AvgIpc) is 2.66. The molecule has 1 unspecified atom stereocenters. The summed E-state index contributed by atoms with van der Waals surface area (Å²) in [6.45, 7) is 3.97. The minimum Gasteiger partial charge on any atom is -0.491 e. The van der Waals surface area contributed by atoms with Crippen molar-refractivity contribution < 1.29 is 14.3 Å². The molecule has 19 heavy (non-hydrogen) atoms. The van der Waals surface area contributed by atoms with Gasteiger partial charge in [0.1, 0.15) is 5.75 Å². The number of carbonyl (C=O) groups is 2. The number of hydrogen-bond donors (Lipinski definition) is 1. The van der Waals surface area contributed by atoms with E-state index in [0.717, 1.165) is 29.5 Å². The van der Waals surface area contributed by atoms with Gasteiger partial charge in [-0.2, -0.15) is 0 Å². The van der Waals surface area contributed by atoms with E-state index in [9.17, 15) is 9.59 Å². The van der Waals surface area contributed by atoms with Crippen molar-refractivity contribution in [3.63, 3.8) is 0 Å². The maximum absolute atomic E-state index is 11.4. The van der Waals surface area contributed by atoms with Gasteiger partial charge in [-0.25, -0.2) is 0 Å². The van der Waals surface area contributed by atoms with E-state index in [1.165, 1.54) is 0 Å². The van der Waals surface area contributed by atoms with E-state index in [2.05, 4.69) is 5.32 Å². The third kappa shape index (κ3) is 3.99. The van der Waals surface area contributed by atoms with Crippen LogP contribution in [0.2, 0.25) is 0 Å². The standard InChI is InChI=1S/C14H17NO3S/c1-9(2)18-11-6-3-10(4-7-11)5-8-12-13(16)19-14(17)15-12/h3-4,6-7,9,12H,5,8H2,1-2H3,(H,15,17). The second-order valence-electron chi connectivity index (χ2n) is 4.75. The Bertz CT molecular complexity index is 470. The Morgan fingerprint density at radius 2 is 1.95 bits per heavy atom. The number of ether oxygens (including phenoxy) is 1. The molecule has 0 bridgehead atoms. The molecule has 1 aliphatic heterocycles. The van der Waals surface area contributed by atoms with Gasteiger partial charge in [0.25, 0.3) is 5.24 Å². The fraction of sp³-hybridized carbons (Fsp3) is 0.429. The normalized spacial score (nSPS) is 18.8. The van der Waals surface area contributed by atoms with Crippen molar-refractivity contribution in [1.82, 2.24) is 5.32 Å². The zero-order valence-electron chi connectivity index (χ0n) is 11.0. The van der Waals surface area contributed by atoms with Crippen LogP contribution in [0.5, 0.6) is 5.75 Å². The van der Waals surface area contributed by atoms with Crippen LogP contribution < -0.4 is 10.1 Å². The van der Waals surface area contributed by atoms with Crippen LogP contribution in [-0.4, -0.2) is 22.5 Å². The van der Waals surface area contributed by atoms with E-state index in [-0.39, 0.29) is 22.5 Å². The summed E-state index contributed by atoms with van der Waals surface area (Å²) in [6.07, 6.45) is 1.57. The molecular formula is C14H17NO3S. The number of rotatable bonds is 5. The molecule has 102 valence electrons. The first-order valence-electron chi connectivity index (χ1n) is 6.32. The smallest absolute Gasteiger partial charge is 0.287 e. The summed E-state index contributed by atoms with van der Waals surface area (Å²) in [5.41, 5.74) is 1.13. The quantitative estimate of drug-likeness (QED) is 0.900. The van der Waals surface area contributed by atoms with Crippen LogP contribution >= 0.6 is 11.8 Å². The summed E-state index contributed by atoms with van der Waals surface area (Å²) >= 11 is 0.764. The summed E-state index contributed by atoms with van der Waals surface area (Å²) in [5, 5.41) is 2.34. The Kier molecular flexibility index (Phi) is 4.47. The van der Waals surface area contributed by atoms with Crippen molar-refractivity contribution in [2.75, 3.05) is 0 Å². The summed E-state index contributed by atoms with van der Waals surface area (Å²) < 4.78 is 5.56. The lowest BCUT2D eigenvalue weighted by Gasteiger charge is -2.11. The summed E-state index contributed by atoms with van der Waals surface area (Å²) in [7, 11) is 0. The van der Waals surface area contributed by atoms with Gasteiger partial charge < -0.3 is 10.1 Å². The number of amides is 1. The summed E-state index contributed by atoms with van der Waals surface area (Å²) in [6, 6.07) is 7.50. The van der Waals surface area contributed by atoms with Gasteiger partial charge in [-0.1, -0.05) is 12.1 Å². The van der Waals surface area contributed by atoms with E-state index < -0.39 is 0 Å². The van der Waals surface area contributed by atoms with Gasteiger partial charge in [0.2, 0.25) is 5.12 Å². The molecule has 1 saturated heterocycles. The molecule has 4 nitrogen and oxygen atoms in total. The number of thioether (sulfide) groups is 1. The highest BCUT2D eigenvalue weighted by Crippen LogP contribution is 2.20. The number of aryl methyl sites for hydroxylation is 1. The number of hydrogen-bond acceptors (Lipinski definition) is 4. The molecule has 1 aliphatic rings.